The second kappa shape index (κ2) is 7.58. The Morgan fingerprint density at radius 2 is 1.56 bits per heavy atom. The number of carbonyl (C=O) groups is 1. The minimum atomic E-state index is -0.738. The first kappa shape index (κ1) is 19.2. The highest BCUT2D eigenvalue weighted by atomic mass is 16.5. The van der Waals surface area contributed by atoms with Crippen molar-refractivity contribution < 1.29 is 19.7 Å². The molecule has 0 saturated heterocycles. The minimum Gasteiger partial charge on any atom is -0.507 e. The van der Waals surface area contributed by atoms with Gasteiger partial charge in [0.05, 0.1) is 11.1 Å². The van der Waals surface area contributed by atoms with Crippen LogP contribution >= 0.6 is 0 Å². The molecule has 144 valence electrons. The molecular formula is C21H26N2O4. The van der Waals surface area contributed by atoms with Crippen molar-refractivity contribution in [1.82, 2.24) is 9.80 Å². The van der Waals surface area contributed by atoms with E-state index in [0.717, 1.165) is 5.56 Å². The van der Waals surface area contributed by atoms with Crippen LogP contribution in [0.3, 0.4) is 0 Å². The first-order valence-corrected chi connectivity index (χ1v) is 8.91. The van der Waals surface area contributed by atoms with Gasteiger partial charge in [0.1, 0.15) is 17.2 Å². The molecule has 2 aromatic carbocycles. The Morgan fingerprint density at radius 1 is 0.963 bits per heavy atom. The van der Waals surface area contributed by atoms with E-state index in [-0.39, 0.29) is 23.7 Å². The third-order valence-electron chi connectivity index (χ3n) is 4.62. The van der Waals surface area contributed by atoms with Crippen LogP contribution in [0.25, 0.3) is 0 Å². The maximum atomic E-state index is 12.7. The first-order valence-electron chi connectivity index (χ1n) is 8.91. The van der Waals surface area contributed by atoms with Crippen LogP contribution in [0.2, 0.25) is 0 Å². The summed E-state index contributed by atoms with van der Waals surface area (Å²) >= 11 is 0. The molecule has 1 heterocycles. The molecule has 0 saturated carbocycles. The molecule has 6 nitrogen and oxygen atoms in total. The molecule has 0 spiro atoms. The van der Waals surface area contributed by atoms with Gasteiger partial charge in [-0.25, -0.2) is 0 Å². The third kappa shape index (κ3) is 3.77. The Kier molecular flexibility index (Phi) is 5.39. The van der Waals surface area contributed by atoms with Gasteiger partial charge in [0, 0.05) is 25.1 Å². The maximum Gasteiger partial charge on any atom is 0.182 e. The monoisotopic (exact) mass is 370 g/mol. The van der Waals surface area contributed by atoms with Crippen molar-refractivity contribution >= 4 is 5.78 Å². The van der Waals surface area contributed by atoms with Crippen LogP contribution in [-0.4, -0.2) is 54.0 Å². The first-order chi connectivity index (χ1) is 12.8. The number of hydrogen-bond acceptors (Lipinski definition) is 6. The van der Waals surface area contributed by atoms with Crippen molar-refractivity contribution in [2.45, 2.75) is 25.6 Å². The van der Waals surface area contributed by atoms with Crippen LogP contribution in [0.15, 0.2) is 30.3 Å². The smallest absolute Gasteiger partial charge is 0.182 e. The van der Waals surface area contributed by atoms with Crippen molar-refractivity contribution in [3.63, 3.8) is 0 Å². The van der Waals surface area contributed by atoms with Gasteiger partial charge < -0.3 is 24.7 Å². The molecule has 2 N–H and O–H groups in total. The van der Waals surface area contributed by atoms with E-state index in [0.29, 0.717) is 35.5 Å². The van der Waals surface area contributed by atoms with E-state index in [4.69, 9.17) is 4.74 Å². The molecule has 0 radical (unpaired) electrons. The van der Waals surface area contributed by atoms with Gasteiger partial charge >= 0.3 is 0 Å². The number of ketones is 1. The highest BCUT2D eigenvalue weighted by Crippen LogP contribution is 2.47. The number of fused-ring (bicyclic) bond motifs is 1. The van der Waals surface area contributed by atoms with Crippen LogP contribution in [0.1, 0.15) is 28.4 Å². The number of carbonyl (C=O) groups excluding carboxylic acids is 1. The van der Waals surface area contributed by atoms with E-state index in [2.05, 4.69) is 0 Å². The van der Waals surface area contributed by atoms with E-state index >= 15 is 0 Å². The van der Waals surface area contributed by atoms with Crippen LogP contribution in [0, 0.1) is 0 Å². The fourth-order valence-corrected chi connectivity index (χ4v) is 3.44. The quantitative estimate of drug-likeness (QED) is 0.842. The standard InChI is InChI=1S/C21H26N2O4/c1-22(2)11-15-18(25)14-10-17(24)20(13-8-6-5-7-9-13)27-21(14)16(19(15)26)12-23(3)4/h5-9,20,25-26H,10-12H2,1-4H3. The van der Waals surface area contributed by atoms with Gasteiger partial charge in [0.25, 0.3) is 0 Å². The van der Waals surface area contributed by atoms with Crippen LogP contribution in [0.4, 0.5) is 0 Å². The highest BCUT2D eigenvalue weighted by molar-refractivity contribution is 5.90. The summed E-state index contributed by atoms with van der Waals surface area (Å²) in [5.74, 6) is 0.268. The summed E-state index contributed by atoms with van der Waals surface area (Å²) in [6.45, 7) is 0.798. The predicted octanol–water partition coefficient (Wildman–Crippen LogP) is 2.47. The number of hydrogen-bond donors (Lipinski definition) is 2. The van der Waals surface area contributed by atoms with Crippen molar-refractivity contribution in [2.75, 3.05) is 28.2 Å². The molecule has 1 atom stereocenters. The fraction of sp³-hybridized carbons (Fsp3) is 0.381. The van der Waals surface area contributed by atoms with Gasteiger partial charge in [-0.05, 0) is 33.8 Å². The summed E-state index contributed by atoms with van der Waals surface area (Å²) < 4.78 is 6.07. The third-order valence-corrected chi connectivity index (χ3v) is 4.62. The largest absolute Gasteiger partial charge is 0.507 e. The summed E-state index contributed by atoms with van der Waals surface area (Å²) in [5, 5.41) is 21.6. The van der Waals surface area contributed by atoms with Crippen LogP contribution in [-0.2, 0) is 24.3 Å². The zero-order chi connectivity index (χ0) is 19.7. The number of Topliss-reactive ketones (excluding diaryl/α,β-unsaturated/α-hetero) is 1. The molecule has 0 amide bonds. The Bertz CT molecular complexity index is 847. The summed E-state index contributed by atoms with van der Waals surface area (Å²) in [6.07, 6.45) is -0.667. The van der Waals surface area contributed by atoms with Gasteiger partial charge in [-0.3, -0.25) is 4.79 Å². The summed E-state index contributed by atoms with van der Waals surface area (Å²) in [7, 11) is 7.51. The molecule has 1 aliphatic rings. The van der Waals surface area contributed by atoms with Crippen LogP contribution in [0.5, 0.6) is 17.2 Å². The number of rotatable bonds is 5. The average molecular weight is 370 g/mol. The number of benzene rings is 2. The molecule has 0 fully saturated rings. The molecule has 3 rings (SSSR count). The highest BCUT2D eigenvalue weighted by Gasteiger charge is 2.35. The maximum absolute atomic E-state index is 12.7. The fourth-order valence-electron chi connectivity index (χ4n) is 3.44. The number of ether oxygens (including phenoxy) is 1. The van der Waals surface area contributed by atoms with Crippen molar-refractivity contribution in [1.29, 1.82) is 0 Å². The summed E-state index contributed by atoms with van der Waals surface area (Å²) in [6, 6.07) is 9.29. The van der Waals surface area contributed by atoms with Crippen LogP contribution < -0.4 is 4.74 Å². The minimum absolute atomic E-state index is 0.0230. The predicted molar refractivity (Wildman–Crippen MR) is 103 cm³/mol. The summed E-state index contributed by atoms with van der Waals surface area (Å²) in [4.78, 5) is 16.5. The Balaban J connectivity index is 2.14. The molecule has 0 bridgehead atoms. The number of phenolic OH excluding ortho intramolecular Hbond substituents is 2. The Morgan fingerprint density at radius 3 is 2.15 bits per heavy atom. The lowest BCUT2D eigenvalue weighted by Crippen LogP contribution is -2.28. The van der Waals surface area contributed by atoms with Gasteiger partial charge in [0.2, 0.25) is 0 Å². The molecule has 27 heavy (non-hydrogen) atoms. The van der Waals surface area contributed by atoms with E-state index < -0.39 is 6.10 Å². The zero-order valence-electron chi connectivity index (χ0n) is 16.2. The van der Waals surface area contributed by atoms with Crippen molar-refractivity contribution in [2.24, 2.45) is 0 Å². The normalized spacial score (nSPS) is 16.5. The van der Waals surface area contributed by atoms with Gasteiger partial charge in [0.15, 0.2) is 11.9 Å². The Hall–Kier alpha value is -2.57. The SMILES string of the molecule is CN(C)Cc1c(O)c2c(c(CN(C)C)c1O)OC(c1ccccc1)C(=O)C2. The summed E-state index contributed by atoms with van der Waals surface area (Å²) in [5.41, 5.74) is 2.24. The molecule has 0 aliphatic carbocycles. The van der Waals surface area contributed by atoms with Crippen molar-refractivity contribution in [3.8, 4) is 17.2 Å². The van der Waals surface area contributed by atoms with E-state index in [1.54, 1.807) is 0 Å². The number of phenols is 2. The second-order valence-corrected chi connectivity index (χ2v) is 7.49. The van der Waals surface area contributed by atoms with Gasteiger partial charge in [-0.15, -0.1) is 0 Å². The molecule has 6 heteroatoms. The van der Waals surface area contributed by atoms with Gasteiger partial charge in [-0.2, -0.15) is 0 Å². The molecule has 2 aromatic rings. The number of nitrogens with zero attached hydrogens (tertiary/aromatic N) is 2. The lowest BCUT2D eigenvalue weighted by atomic mass is 9.91. The Labute approximate surface area is 159 Å². The molecular weight excluding hydrogens is 344 g/mol. The lowest BCUT2D eigenvalue weighted by Gasteiger charge is -2.30. The second-order valence-electron chi connectivity index (χ2n) is 7.49. The van der Waals surface area contributed by atoms with E-state index in [1.165, 1.54) is 0 Å². The van der Waals surface area contributed by atoms with E-state index in [9.17, 15) is 15.0 Å². The zero-order valence-corrected chi connectivity index (χ0v) is 16.2. The molecule has 1 aliphatic heterocycles. The number of aromatic hydroxyl groups is 2. The van der Waals surface area contributed by atoms with E-state index in [1.807, 2.05) is 68.3 Å². The van der Waals surface area contributed by atoms with Crippen molar-refractivity contribution in [3.05, 3.63) is 52.6 Å². The topological polar surface area (TPSA) is 73.2 Å². The van der Waals surface area contributed by atoms with Gasteiger partial charge in [-0.1, -0.05) is 30.3 Å². The average Bonchev–Trinajstić information content (AvgIpc) is 2.62. The molecule has 0 aromatic heterocycles. The molecule has 1 unspecified atom stereocenters. The lowest BCUT2D eigenvalue weighted by molar-refractivity contribution is -0.126.